The first-order valence-corrected chi connectivity index (χ1v) is 9.83. The molecule has 0 aliphatic heterocycles. The van der Waals surface area contributed by atoms with Crippen LogP contribution in [0.25, 0.3) is 0 Å². The van der Waals surface area contributed by atoms with Gasteiger partial charge in [-0.3, -0.25) is 0 Å². The highest BCUT2D eigenvalue weighted by atomic mass is 35.5. The summed E-state index contributed by atoms with van der Waals surface area (Å²) in [7, 11) is 0. The van der Waals surface area contributed by atoms with E-state index in [1.54, 1.807) is 0 Å². The highest BCUT2D eigenvalue weighted by molar-refractivity contribution is 6.17. The monoisotopic (exact) mass is 312 g/mol. The van der Waals surface area contributed by atoms with E-state index in [9.17, 15) is 0 Å². The Morgan fingerprint density at radius 2 is 1.00 bits per heavy atom. The molecule has 0 aliphatic rings. The molecule has 0 aromatic carbocycles. The second kappa shape index (κ2) is 19.8. The van der Waals surface area contributed by atoms with Crippen LogP contribution in [0.4, 0.5) is 0 Å². The van der Waals surface area contributed by atoms with E-state index in [4.69, 9.17) is 11.6 Å². The van der Waals surface area contributed by atoms with Gasteiger partial charge in [0.2, 0.25) is 0 Å². The number of unbranched alkanes of at least 4 members (excludes halogenated alkanes) is 12. The third-order valence-electron chi connectivity index (χ3n) is 3.86. The largest absolute Gasteiger partial charge is 0.127 e. The second-order valence-corrected chi connectivity index (χ2v) is 6.39. The van der Waals surface area contributed by atoms with Gasteiger partial charge in [0.1, 0.15) is 0 Å². The molecule has 0 N–H and O–H groups in total. The molecule has 0 saturated carbocycles. The maximum absolute atomic E-state index is 5.66. The van der Waals surface area contributed by atoms with E-state index >= 15 is 0 Å². The summed E-state index contributed by atoms with van der Waals surface area (Å²) < 4.78 is 0. The zero-order valence-electron chi connectivity index (χ0n) is 14.3. The number of hydrogen-bond donors (Lipinski definition) is 0. The third-order valence-corrected chi connectivity index (χ3v) is 4.13. The van der Waals surface area contributed by atoms with Crippen LogP contribution >= 0.6 is 11.6 Å². The average molecular weight is 313 g/mol. The zero-order valence-corrected chi connectivity index (χ0v) is 15.0. The van der Waals surface area contributed by atoms with Gasteiger partial charge in [0, 0.05) is 5.88 Å². The first-order valence-electron chi connectivity index (χ1n) is 9.29. The van der Waals surface area contributed by atoms with Gasteiger partial charge in [0.25, 0.3) is 0 Å². The molecule has 21 heavy (non-hydrogen) atoms. The van der Waals surface area contributed by atoms with E-state index in [1.807, 2.05) is 0 Å². The Bertz CT molecular complexity index is 230. The molecule has 0 nitrogen and oxygen atoms in total. The van der Waals surface area contributed by atoms with Crippen molar-refractivity contribution < 1.29 is 0 Å². The van der Waals surface area contributed by atoms with Gasteiger partial charge in [0.15, 0.2) is 0 Å². The molecule has 0 spiro atoms. The Labute approximate surface area is 139 Å². The van der Waals surface area contributed by atoms with Crippen LogP contribution in [0.5, 0.6) is 0 Å². The molecule has 0 fully saturated rings. The quantitative estimate of drug-likeness (QED) is 0.155. The molecular weight excluding hydrogens is 276 g/mol. The van der Waals surface area contributed by atoms with Gasteiger partial charge < -0.3 is 0 Å². The Morgan fingerprint density at radius 3 is 1.48 bits per heavy atom. The zero-order chi connectivity index (χ0) is 15.4. The van der Waals surface area contributed by atoms with Crippen molar-refractivity contribution in [2.24, 2.45) is 0 Å². The molecule has 0 saturated heterocycles. The maximum atomic E-state index is 5.66. The fraction of sp³-hybridized carbons (Fsp3) is 0.800. The lowest BCUT2D eigenvalue weighted by molar-refractivity contribution is 0.558. The van der Waals surface area contributed by atoms with E-state index < -0.39 is 0 Å². The van der Waals surface area contributed by atoms with Crippen molar-refractivity contribution in [1.29, 1.82) is 0 Å². The molecule has 0 bridgehead atoms. The van der Waals surface area contributed by atoms with E-state index in [2.05, 4.69) is 31.2 Å². The Morgan fingerprint density at radius 1 is 0.571 bits per heavy atom. The van der Waals surface area contributed by atoms with E-state index in [0.29, 0.717) is 0 Å². The Balaban J connectivity index is 3.08. The van der Waals surface area contributed by atoms with Crippen LogP contribution in [-0.2, 0) is 0 Å². The molecule has 0 heterocycles. The van der Waals surface area contributed by atoms with Crippen molar-refractivity contribution in [2.45, 2.75) is 96.8 Å². The van der Waals surface area contributed by atoms with Crippen molar-refractivity contribution >= 4 is 11.6 Å². The standard InChI is InChI=1S/C20H37Cl/c1-2-3-4-5-6-7-8-9-10-11-12-13-14-15-16-17-18-19-20-21/h5-8H,2-4,9-20H2,1H3/b6-5-,8-7+. The lowest BCUT2D eigenvalue weighted by Gasteiger charge is -2.01. The molecule has 0 aliphatic carbocycles. The summed E-state index contributed by atoms with van der Waals surface area (Å²) in [5.41, 5.74) is 0. The highest BCUT2D eigenvalue weighted by Crippen LogP contribution is 2.11. The van der Waals surface area contributed by atoms with Gasteiger partial charge >= 0.3 is 0 Å². The molecule has 0 aromatic heterocycles. The molecule has 0 atom stereocenters. The average Bonchev–Trinajstić information content (AvgIpc) is 2.50. The first-order chi connectivity index (χ1) is 10.4. The van der Waals surface area contributed by atoms with Crippen LogP contribution in [0.2, 0.25) is 0 Å². The van der Waals surface area contributed by atoms with Crippen LogP contribution in [0.3, 0.4) is 0 Å². The summed E-state index contributed by atoms with van der Waals surface area (Å²) in [4.78, 5) is 0. The molecule has 0 radical (unpaired) electrons. The highest BCUT2D eigenvalue weighted by Gasteiger charge is 1.92. The van der Waals surface area contributed by atoms with Crippen LogP contribution in [0, 0.1) is 0 Å². The van der Waals surface area contributed by atoms with Gasteiger partial charge in [0.05, 0.1) is 0 Å². The van der Waals surface area contributed by atoms with Gasteiger partial charge in [-0.2, -0.15) is 0 Å². The molecule has 0 unspecified atom stereocenters. The van der Waals surface area contributed by atoms with E-state index in [-0.39, 0.29) is 0 Å². The van der Waals surface area contributed by atoms with Gasteiger partial charge in [-0.1, -0.05) is 95.4 Å². The molecule has 0 aromatic rings. The summed E-state index contributed by atoms with van der Waals surface area (Å²) in [6.45, 7) is 2.24. The minimum Gasteiger partial charge on any atom is -0.127 e. The van der Waals surface area contributed by atoms with Crippen molar-refractivity contribution in [3.8, 4) is 0 Å². The Hall–Kier alpha value is -0.230. The predicted molar refractivity (Wildman–Crippen MR) is 99.3 cm³/mol. The third kappa shape index (κ3) is 19.8. The van der Waals surface area contributed by atoms with Gasteiger partial charge in [-0.25, -0.2) is 0 Å². The lowest BCUT2D eigenvalue weighted by atomic mass is 10.1. The lowest BCUT2D eigenvalue weighted by Crippen LogP contribution is -1.82. The summed E-state index contributed by atoms with van der Waals surface area (Å²) in [5, 5.41) is 0. The van der Waals surface area contributed by atoms with Gasteiger partial charge in [-0.15, -0.1) is 11.6 Å². The minimum atomic E-state index is 0.836. The normalized spacial score (nSPS) is 11.9. The summed E-state index contributed by atoms with van der Waals surface area (Å²) in [6.07, 6.45) is 27.9. The molecule has 0 rings (SSSR count). The van der Waals surface area contributed by atoms with E-state index in [1.165, 1.54) is 89.9 Å². The number of rotatable bonds is 16. The van der Waals surface area contributed by atoms with Crippen molar-refractivity contribution in [2.75, 3.05) is 5.88 Å². The molecule has 0 amide bonds. The number of halogens is 1. The fourth-order valence-electron chi connectivity index (χ4n) is 2.44. The van der Waals surface area contributed by atoms with Crippen LogP contribution in [0.1, 0.15) is 96.8 Å². The predicted octanol–water partition coefficient (Wildman–Crippen LogP) is 7.82. The van der Waals surface area contributed by atoms with Crippen molar-refractivity contribution in [1.82, 2.24) is 0 Å². The minimum absolute atomic E-state index is 0.836. The van der Waals surface area contributed by atoms with Crippen LogP contribution in [-0.4, -0.2) is 5.88 Å². The fourth-order valence-corrected chi connectivity index (χ4v) is 2.63. The molecule has 124 valence electrons. The smallest absolute Gasteiger partial charge is 0.0223 e. The summed E-state index contributed by atoms with van der Waals surface area (Å²) in [6, 6.07) is 0. The SMILES string of the molecule is CCCC/C=C\C=C\CCCCCCCCCCCCCl. The summed E-state index contributed by atoms with van der Waals surface area (Å²) >= 11 is 5.66. The second-order valence-electron chi connectivity index (χ2n) is 6.01. The Kier molecular flexibility index (Phi) is 19.6. The maximum Gasteiger partial charge on any atom is 0.0223 e. The number of allylic oxidation sites excluding steroid dienone is 4. The van der Waals surface area contributed by atoms with Gasteiger partial charge in [-0.05, 0) is 25.7 Å². The van der Waals surface area contributed by atoms with Crippen LogP contribution in [0.15, 0.2) is 24.3 Å². The number of hydrogen-bond acceptors (Lipinski definition) is 0. The molecular formula is C20H37Cl. The molecule has 1 heteroatoms. The topological polar surface area (TPSA) is 0 Å². The van der Waals surface area contributed by atoms with E-state index in [0.717, 1.165) is 5.88 Å². The van der Waals surface area contributed by atoms with Crippen molar-refractivity contribution in [3.63, 3.8) is 0 Å². The van der Waals surface area contributed by atoms with Crippen LogP contribution < -0.4 is 0 Å². The number of alkyl halides is 1. The van der Waals surface area contributed by atoms with Crippen molar-refractivity contribution in [3.05, 3.63) is 24.3 Å². The summed E-state index contributed by atoms with van der Waals surface area (Å²) in [5.74, 6) is 0.836. The first kappa shape index (κ1) is 20.8.